The second-order valence-electron chi connectivity index (χ2n) is 3.86. The highest BCUT2D eigenvalue weighted by Crippen LogP contribution is 2.32. The van der Waals surface area contributed by atoms with E-state index in [0.717, 1.165) is 0 Å². The van der Waals surface area contributed by atoms with Gasteiger partial charge in [-0.3, -0.25) is 0 Å². The summed E-state index contributed by atoms with van der Waals surface area (Å²) in [5.41, 5.74) is 5.55. The Morgan fingerprint density at radius 1 is 1.37 bits per heavy atom. The third-order valence-electron chi connectivity index (χ3n) is 2.12. The molecule has 0 saturated heterocycles. The summed E-state index contributed by atoms with van der Waals surface area (Å²) in [6, 6.07) is 2.88. The van der Waals surface area contributed by atoms with Crippen LogP contribution in [0.1, 0.15) is 13.3 Å². The van der Waals surface area contributed by atoms with Crippen LogP contribution in [0.15, 0.2) is 21.5 Å². The molecule has 0 aliphatic carbocycles. The third kappa shape index (κ3) is 5.75. The lowest BCUT2D eigenvalue weighted by atomic mass is 10.3. The highest BCUT2D eigenvalue weighted by molar-refractivity contribution is 9.10. The van der Waals surface area contributed by atoms with Gasteiger partial charge in [-0.1, -0.05) is 39.1 Å². The van der Waals surface area contributed by atoms with Gasteiger partial charge in [0.15, 0.2) is 0 Å². The molecule has 0 amide bonds. The summed E-state index contributed by atoms with van der Waals surface area (Å²) in [5.74, 6) is 0. The van der Waals surface area contributed by atoms with Crippen LogP contribution in [-0.2, 0) is 10.0 Å². The predicted molar refractivity (Wildman–Crippen MR) is 84.9 cm³/mol. The summed E-state index contributed by atoms with van der Waals surface area (Å²) >= 11 is 15.0. The minimum atomic E-state index is -3.72. The lowest BCUT2D eigenvalue weighted by molar-refractivity contribution is 0.572. The maximum Gasteiger partial charge on any atom is 0.243 e. The second-order valence-corrected chi connectivity index (χ2v) is 7.30. The second kappa shape index (κ2) is 8.02. The van der Waals surface area contributed by atoms with Crippen molar-refractivity contribution in [2.24, 2.45) is 5.73 Å². The van der Waals surface area contributed by atoms with E-state index < -0.39 is 10.0 Å². The van der Waals surface area contributed by atoms with E-state index in [9.17, 15) is 8.42 Å². The molecule has 0 fully saturated rings. The zero-order valence-corrected chi connectivity index (χ0v) is 14.7. The maximum atomic E-state index is 12.0. The van der Waals surface area contributed by atoms with E-state index in [4.69, 9.17) is 28.9 Å². The molecular formula is C10H14BrCl3N2O2S. The van der Waals surface area contributed by atoms with Gasteiger partial charge in [-0.2, -0.15) is 0 Å². The monoisotopic (exact) mass is 410 g/mol. The van der Waals surface area contributed by atoms with Crippen LogP contribution in [-0.4, -0.2) is 21.0 Å². The fourth-order valence-corrected chi connectivity index (χ4v) is 4.26. The Kier molecular flexibility index (Phi) is 8.21. The van der Waals surface area contributed by atoms with E-state index >= 15 is 0 Å². The summed E-state index contributed by atoms with van der Waals surface area (Å²) in [6.45, 7) is 2.04. The molecule has 0 aromatic heterocycles. The van der Waals surface area contributed by atoms with Gasteiger partial charge in [0.25, 0.3) is 0 Å². The number of nitrogens with two attached hydrogens (primary N) is 1. The molecule has 0 radical (unpaired) electrons. The molecule has 0 aliphatic rings. The normalized spacial score (nSPS) is 12.9. The van der Waals surface area contributed by atoms with Crippen molar-refractivity contribution < 1.29 is 8.42 Å². The Bertz CT molecular complexity index is 515. The van der Waals surface area contributed by atoms with E-state index in [1.54, 1.807) is 6.92 Å². The molecular weight excluding hydrogens is 398 g/mol. The number of sulfonamides is 1. The number of hydrogen-bond acceptors (Lipinski definition) is 3. The Morgan fingerprint density at radius 3 is 2.26 bits per heavy atom. The van der Waals surface area contributed by atoms with Crippen molar-refractivity contribution in [3.8, 4) is 0 Å². The molecule has 0 spiro atoms. The SMILES string of the molecule is CC(N)CCNS(=O)(=O)c1c(Cl)cc(Br)cc1Cl.Cl. The smallest absolute Gasteiger partial charge is 0.243 e. The summed E-state index contributed by atoms with van der Waals surface area (Å²) in [6.07, 6.45) is 0.533. The number of hydrogen-bond donors (Lipinski definition) is 2. The molecule has 4 nitrogen and oxygen atoms in total. The number of halogens is 4. The molecule has 0 aliphatic heterocycles. The molecule has 0 heterocycles. The van der Waals surface area contributed by atoms with Gasteiger partial charge in [0.1, 0.15) is 4.90 Å². The molecule has 1 unspecified atom stereocenters. The molecule has 0 bridgehead atoms. The first kappa shape index (κ1) is 19.4. The standard InChI is InChI=1S/C10H13BrCl2N2O2S.ClH/c1-6(14)2-3-15-18(16,17)10-8(12)4-7(11)5-9(10)13;/h4-6,15H,2-3,14H2,1H3;1H. The molecule has 1 aromatic carbocycles. The number of rotatable bonds is 5. The molecule has 9 heteroatoms. The largest absolute Gasteiger partial charge is 0.328 e. The van der Waals surface area contributed by atoms with Gasteiger partial charge in [-0.25, -0.2) is 13.1 Å². The summed E-state index contributed by atoms with van der Waals surface area (Å²) < 4.78 is 27.1. The van der Waals surface area contributed by atoms with Crippen LogP contribution in [0.3, 0.4) is 0 Å². The highest BCUT2D eigenvalue weighted by atomic mass is 79.9. The summed E-state index contributed by atoms with van der Waals surface area (Å²) in [7, 11) is -3.72. The Hall–Kier alpha value is 0.440. The number of benzene rings is 1. The van der Waals surface area contributed by atoms with Crippen molar-refractivity contribution in [1.29, 1.82) is 0 Å². The molecule has 19 heavy (non-hydrogen) atoms. The quantitative estimate of drug-likeness (QED) is 0.780. The zero-order valence-electron chi connectivity index (χ0n) is 9.99. The van der Waals surface area contributed by atoms with E-state index in [1.165, 1.54) is 12.1 Å². The van der Waals surface area contributed by atoms with E-state index in [0.29, 0.717) is 10.9 Å². The van der Waals surface area contributed by atoms with Crippen molar-refractivity contribution in [2.45, 2.75) is 24.3 Å². The van der Waals surface area contributed by atoms with Crippen molar-refractivity contribution in [2.75, 3.05) is 6.54 Å². The zero-order chi connectivity index (χ0) is 13.9. The van der Waals surface area contributed by atoms with Crippen molar-refractivity contribution in [3.63, 3.8) is 0 Å². The van der Waals surface area contributed by atoms with Crippen LogP contribution < -0.4 is 10.5 Å². The Balaban J connectivity index is 0.00000324. The summed E-state index contributed by atoms with van der Waals surface area (Å²) in [5, 5.41) is 0.144. The van der Waals surface area contributed by atoms with Crippen LogP contribution in [0.25, 0.3) is 0 Å². The molecule has 1 aromatic rings. The first-order valence-corrected chi connectivity index (χ1v) is 8.17. The van der Waals surface area contributed by atoms with Gasteiger partial charge in [-0.15, -0.1) is 12.4 Å². The summed E-state index contributed by atoms with van der Waals surface area (Å²) in [4.78, 5) is -0.112. The maximum absolute atomic E-state index is 12.0. The fourth-order valence-electron chi connectivity index (χ4n) is 1.28. The van der Waals surface area contributed by atoms with Gasteiger partial charge in [0.05, 0.1) is 10.0 Å². The Morgan fingerprint density at radius 2 is 1.84 bits per heavy atom. The van der Waals surface area contributed by atoms with E-state index in [2.05, 4.69) is 20.7 Å². The van der Waals surface area contributed by atoms with Crippen LogP contribution in [0.2, 0.25) is 10.0 Å². The molecule has 110 valence electrons. The van der Waals surface area contributed by atoms with Gasteiger partial charge in [0, 0.05) is 17.1 Å². The highest BCUT2D eigenvalue weighted by Gasteiger charge is 2.21. The van der Waals surface area contributed by atoms with Crippen molar-refractivity contribution >= 4 is 61.6 Å². The van der Waals surface area contributed by atoms with Crippen LogP contribution in [0.5, 0.6) is 0 Å². The average molecular weight is 413 g/mol. The van der Waals surface area contributed by atoms with Gasteiger partial charge in [0.2, 0.25) is 10.0 Å². The molecule has 1 atom stereocenters. The van der Waals surface area contributed by atoms with Crippen LogP contribution in [0, 0.1) is 0 Å². The minimum absolute atomic E-state index is 0. The Labute approximate surface area is 137 Å². The molecule has 1 rings (SSSR count). The third-order valence-corrected chi connectivity index (χ3v) is 4.96. The van der Waals surface area contributed by atoms with Gasteiger partial charge < -0.3 is 5.73 Å². The topological polar surface area (TPSA) is 72.2 Å². The van der Waals surface area contributed by atoms with Gasteiger partial charge >= 0.3 is 0 Å². The lowest BCUT2D eigenvalue weighted by Gasteiger charge is -2.11. The van der Waals surface area contributed by atoms with E-state index in [1.807, 2.05) is 0 Å². The van der Waals surface area contributed by atoms with Crippen molar-refractivity contribution in [3.05, 3.63) is 26.7 Å². The molecule has 0 saturated carbocycles. The predicted octanol–water partition coefficient (Wildman–Crippen LogP) is 3.19. The van der Waals surface area contributed by atoms with E-state index in [-0.39, 0.29) is 39.9 Å². The first-order valence-electron chi connectivity index (χ1n) is 5.14. The first-order chi connectivity index (χ1) is 8.24. The van der Waals surface area contributed by atoms with Crippen LogP contribution >= 0.6 is 51.5 Å². The number of nitrogens with one attached hydrogen (secondary N) is 1. The van der Waals surface area contributed by atoms with Crippen molar-refractivity contribution in [1.82, 2.24) is 4.72 Å². The average Bonchev–Trinajstić information content (AvgIpc) is 2.13. The lowest BCUT2D eigenvalue weighted by Crippen LogP contribution is -2.29. The minimum Gasteiger partial charge on any atom is -0.328 e. The van der Waals surface area contributed by atoms with Crippen LogP contribution in [0.4, 0.5) is 0 Å². The van der Waals surface area contributed by atoms with Gasteiger partial charge in [-0.05, 0) is 25.5 Å². The fraction of sp³-hybridized carbons (Fsp3) is 0.400. The molecule has 3 N–H and O–H groups in total.